The molecule has 0 heterocycles. The summed E-state index contributed by atoms with van der Waals surface area (Å²) < 4.78 is 10.2. The molecule has 6 heteroatoms. The average molecular weight is 380 g/mol. The molecule has 1 aliphatic rings. The highest BCUT2D eigenvalue weighted by molar-refractivity contribution is 6.30. The molecule has 0 spiro atoms. The Morgan fingerprint density at radius 1 is 1.27 bits per heavy atom. The van der Waals surface area contributed by atoms with E-state index in [2.05, 4.69) is 5.32 Å². The number of carbonyl (C=O) groups excluding carboxylic acids is 2. The van der Waals surface area contributed by atoms with Crippen LogP contribution < -0.4 is 5.32 Å². The zero-order valence-corrected chi connectivity index (χ0v) is 16.4. The normalized spacial score (nSPS) is 20.2. The second kappa shape index (κ2) is 8.58. The Morgan fingerprint density at radius 2 is 2.00 bits per heavy atom. The molecule has 2 rings (SSSR count). The van der Waals surface area contributed by atoms with E-state index in [1.165, 1.54) is 7.11 Å². The summed E-state index contributed by atoms with van der Waals surface area (Å²) in [5.74, 6) is -0.233. The monoisotopic (exact) mass is 379 g/mol. The van der Waals surface area contributed by atoms with Crippen LogP contribution in [0.5, 0.6) is 0 Å². The summed E-state index contributed by atoms with van der Waals surface area (Å²) in [4.78, 5) is 23.9. The van der Waals surface area contributed by atoms with E-state index < -0.39 is 17.7 Å². The van der Waals surface area contributed by atoms with Crippen LogP contribution in [0.3, 0.4) is 0 Å². The zero-order chi connectivity index (χ0) is 19.3. The van der Waals surface area contributed by atoms with Crippen molar-refractivity contribution in [3.63, 3.8) is 0 Å². The van der Waals surface area contributed by atoms with Gasteiger partial charge in [-0.05, 0) is 63.3 Å². The molecule has 0 bridgehead atoms. The molecule has 1 aromatic carbocycles. The minimum absolute atomic E-state index is 0.0156. The maximum Gasteiger partial charge on any atom is 0.407 e. The molecule has 0 radical (unpaired) electrons. The Kier molecular flexibility index (Phi) is 6.70. The van der Waals surface area contributed by atoms with Gasteiger partial charge in [-0.1, -0.05) is 30.2 Å². The van der Waals surface area contributed by atoms with E-state index >= 15 is 0 Å². The summed E-state index contributed by atoms with van der Waals surface area (Å²) in [6, 6.07) is 5.06. The molecule has 1 aliphatic carbocycles. The van der Waals surface area contributed by atoms with Crippen molar-refractivity contribution in [1.82, 2.24) is 5.32 Å². The van der Waals surface area contributed by atoms with E-state index in [-0.39, 0.29) is 12.0 Å². The smallest absolute Gasteiger partial charge is 0.407 e. The fraction of sp³-hybridized carbons (Fsp3) is 0.500. The van der Waals surface area contributed by atoms with Gasteiger partial charge in [-0.2, -0.15) is 0 Å². The van der Waals surface area contributed by atoms with E-state index in [1.54, 1.807) is 18.2 Å². The van der Waals surface area contributed by atoms with Crippen molar-refractivity contribution in [1.29, 1.82) is 0 Å². The maximum atomic E-state index is 12.0. The lowest BCUT2D eigenvalue weighted by atomic mass is 10.00. The number of methoxy groups -OCH3 is 1. The number of ether oxygens (including phenoxy) is 2. The molecular formula is C20H26ClNO4. The van der Waals surface area contributed by atoms with Gasteiger partial charge in [-0.3, -0.25) is 0 Å². The number of hydrogen-bond acceptors (Lipinski definition) is 4. The maximum absolute atomic E-state index is 12.0. The number of benzene rings is 1. The van der Waals surface area contributed by atoms with Crippen molar-refractivity contribution in [3.8, 4) is 0 Å². The Balaban J connectivity index is 2.11. The summed E-state index contributed by atoms with van der Waals surface area (Å²) in [6.45, 7) is 5.52. The van der Waals surface area contributed by atoms with Gasteiger partial charge >= 0.3 is 12.1 Å². The summed E-state index contributed by atoms with van der Waals surface area (Å²) in [5, 5.41) is 3.50. The van der Waals surface area contributed by atoms with E-state index in [0.717, 1.165) is 19.3 Å². The minimum atomic E-state index is -0.524. The van der Waals surface area contributed by atoms with Gasteiger partial charge in [-0.15, -0.1) is 0 Å². The number of rotatable bonds is 4. The molecule has 142 valence electrons. The van der Waals surface area contributed by atoms with Crippen LogP contribution in [-0.2, 0) is 9.47 Å². The van der Waals surface area contributed by atoms with Crippen LogP contribution in [-0.4, -0.2) is 30.8 Å². The van der Waals surface area contributed by atoms with Gasteiger partial charge in [0.15, 0.2) is 0 Å². The zero-order valence-electron chi connectivity index (χ0n) is 15.7. The first-order chi connectivity index (χ1) is 12.2. The first kappa shape index (κ1) is 20.3. The molecule has 1 amide bonds. The van der Waals surface area contributed by atoms with E-state index in [1.807, 2.05) is 32.9 Å². The molecule has 1 fully saturated rings. The van der Waals surface area contributed by atoms with Crippen molar-refractivity contribution < 1.29 is 19.1 Å². The predicted molar refractivity (Wildman–Crippen MR) is 102 cm³/mol. The second-order valence-corrected chi connectivity index (χ2v) is 7.87. The van der Waals surface area contributed by atoms with Crippen LogP contribution in [0.1, 0.15) is 56.0 Å². The van der Waals surface area contributed by atoms with Gasteiger partial charge in [-0.25, -0.2) is 9.59 Å². The highest BCUT2D eigenvalue weighted by Gasteiger charge is 2.28. The fourth-order valence-corrected chi connectivity index (χ4v) is 3.23. The standard InChI is InChI=1S/C20H26ClNO4/c1-20(2,3)26-19(24)22-17-7-5-6-13(17)8-9-14-12-15(21)10-11-16(14)18(23)25-4/h8-13,17H,5-7H2,1-4H3,(H,22,24)/b9-8+/t13-,17-/m0/s1. The third-order valence-corrected chi connectivity index (χ3v) is 4.45. The van der Waals surface area contributed by atoms with E-state index in [9.17, 15) is 9.59 Å². The molecule has 1 N–H and O–H groups in total. The Hall–Kier alpha value is -2.01. The molecule has 0 saturated heterocycles. The summed E-state index contributed by atoms with van der Waals surface area (Å²) in [5.41, 5.74) is 0.639. The van der Waals surface area contributed by atoms with Crippen LogP contribution in [0.2, 0.25) is 5.02 Å². The van der Waals surface area contributed by atoms with Crippen molar-refractivity contribution in [3.05, 3.63) is 40.4 Å². The number of halogens is 1. The summed E-state index contributed by atoms with van der Waals surface area (Å²) in [6.07, 6.45) is 6.37. The van der Waals surface area contributed by atoms with E-state index in [0.29, 0.717) is 16.1 Å². The van der Waals surface area contributed by atoms with Crippen molar-refractivity contribution in [2.75, 3.05) is 7.11 Å². The molecule has 1 saturated carbocycles. The van der Waals surface area contributed by atoms with Crippen molar-refractivity contribution in [2.24, 2.45) is 5.92 Å². The van der Waals surface area contributed by atoms with Gasteiger partial charge in [0.25, 0.3) is 0 Å². The lowest BCUT2D eigenvalue weighted by Gasteiger charge is -2.23. The van der Waals surface area contributed by atoms with Gasteiger partial charge in [0.05, 0.1) is 12.7 Å². The molecule has 26 heavy (non-hydrogen) atoms. The lowest BCUT2D eigenvalue weighted by molar-refractivity contribution is 0.0497. The van der Waals surface area contributed by atoms with Crippen LogP contribution in [0.25, 0.3) is 6.08 Å². The average Bonchev–Trinajstić information content (AvgIpc) is 2.97. The highest BCUT2D eigenvalue weighted by Crippen LogP contribution is 2.29. The Bertz CT molecular complexity index is 694. The van der Waals surface area contributed by atoms with Crippen LogP contribution >= 0.6 is 11.6 Å². The molecule has 0 aliphatic heterocycles. The van der Waals surface area contributed by atoms with Gasteiger partial charge in [0.1, 0.15) is 5.60 Å². The number of amides is 1. The number of hydrogen-bond donors (Lipinski definition) is 1. The van der Waals surface area contributed by atoms with Gasteiger partial charge < -0.3 is 14.8 Å². The third-order valence-electron chi connectivity index (χ3n) is 4.21. The molecule has 0 unspecified atom stereocenters. The molecular weight excluding hydrogens is 354 g/mol. The van der Waals surface area contributed by atoms with Gasteiger partial charge in [0, 0.05) is 11.1 Å². The van der Waals surface area contributed by atoms with Crippen molar-refractivity contribution >= 4 is 29.7 Å². The molecule has 2 atom stereocenters. The topological polar surface area (TPSA) is 64.6 Å². The summed E-state index contributed by atoms with van der Waals surface area (Å²) in [7, 11) is 1.35. The minimum Gasteiger partial charge on any atom is -0.465 e. The number of alkyl carbamates (subject to hydrolysis) is 1. The largest absolute Gasteiger partial charge is 0.465 e. The van der Waals surface area contributed by atoms with Crippen LogP contribution in [0.15, 0.2) is 24.3 Å². The highest BCUT2D eigenvalue weighted by atomic mass is 35.5. The summed E-state index contributed by atoms with van der Waals surface area (Å²) >= 11 is 6.06. The second-order valence-electron chi connectivity index (χ2n) is 7.43. The number of nitrogens with one attached hydrogen (secondary N) is 1. The molecule has 1 aromatic rings. The Labute approximate surface area is 159 Å². The Morgan fingerprint density at radius 3 is 2.65 bits per heavy atom. The first-order valence-corrected chi connectivity index (χ1v) is 9.13. The van der Waals surface area contributed by atoms with Crippen LogP contribution in [0, 0.1) is 5.92 Å². The first-order valence-electron chi connectivity index (χ1n) is 8.75. The fourth-order valence-electron chi connectivity index (χ4n) is 3.05. The third kappa shape index (κ3) is 5.77. The number of esters is 1. The SMILES string of the molecule is COC(=O)c1ccc(Cl)cc1/C=C/[C@@H]1CCC[C@@H]1NC(=O)OC(C)(C)C. The van der Waals surface area contributed by atoms with Gasteiger partial charge in [0.2, 0.25) is 0 Å². The van der Waals surface area contributed by atoms with Crippen LogP contribution in [0.4, 0.5) is 4.79 Å². The molecule has 5 nitrogen and oxygen atoms in total. The van der Waals surface area contributed by atoms with Crippen molar-refractivity contribution in [2.45, 2.75) is 51.7 Å². The quantitative estimate of drug-likeness (QED) is 0.760. The number of carbonyl (C=O) groups is 2. The predicted octanol–water partition coefficient (Wildman–Crippen LogP) is 4.83. The molecule has 0 aromatic heterocycles. The van der Waals surface area contributed by atoms with E-state index in [4.69, 9.17) is 21.1 Å². The lowest BCUT2D eigenvalue weighted by Crippen LogP contribution is -2.40.